The monoisotopic (exact) mass is 284 g/mol. The molecule has 0 heterocycles. The second kappa shape index (κ2) is 3.63. The van der Waals surface area contributed by atoms with Crippen molar-refractivity contribution in [2.45, 2.75) is 6.43 Å². The largest absolute Gasteiger partial charge is 0.264 e. The van der Waals surface area contributed by atoms with Crippen LogP contribution in [0.25, 0.3) is 0 Å². The Morgan fingerprint density at radius 1 is 1.18 bits per heavy atom. The van der Waals surface area contributed by atoms with E-state index in [1.54, 1.807) is 12.1 Å². The van der Waals surface area contributed by atoms with E-state index in [4.69, 9.17) is 0 Å². The van der Waals surface area contributed by atoms with Gasteiger partial charge in [-0.15, -0.1) is 0 Å². The summed E-state index contributed by atoms with van der Waals surface area (Å²) >= 11 is 6.21. The predicted octanol–water partition coefficient (Wildman–Crippen LogP) is 4.15. The Bertz CT molecular complexity index is 261. The summed E-state index contributed by atoms with van der Waals surface area (Å²) in [6.45, 7) is 0. The van der Waals surface area contributed by atoms with Crippen LogP contribution in [-0.4, -0.2) is 0 Å². The Labute approximate surface area is 79.9 Å². The van der Waals surface area contributed by atoms with E-state index in [0.717, 1.165) is 4.47 Å². The maximum absolute atomic E-state index is 12.1. The van der Waals surface area contributed by atoms with Gasteiger partial charge in [0.05, 0.1) is 0 Å². The second-order valence-electron chi connectivity index (χ2n) is 1.97. The molecule has 0 N–H and O–H groups in total. The van der Waals surface area contributed by atoms with E-state index in [1.807, 2.05) is 0 Å². The summed E-state index contributed by atoms with van der Waals surface area (Å²) in [5, 5.41) is 0. The highest BCUT2D eigenvalue weighted by Crippen LogP contribution is 2.29. The number of rotatable bonds is 1. The summed E-state index contributed by atoms with van der Waals surface area (Å²) < 4.78 is 25.4. The van der Waals surface area contributed by atoms with Gasteiger partial charge >= 0.3 is 0 Å². The summed E-state index contributed by atoms with van der Waals surface area (Å²) in [6.07, 6.45) is -2.42. The SMILES string of the molecule is FC(F)c1ccc(Br)cc1Br. The van der Waals surface area contributed by atoms with Crippen LogP contribution in [0.3, 0.4) is 0 Å². The first-order valence-electron chi connectivity index (χ1n) is 2.84. The molecule has 0 amide bonds. The predicted molar refractivity (Wildman–Crippen MR) is 46.8 cm³/mol. The van der Waals surface area contributed by atoms with Gasteiger partial charge in [-0.3, -0.25) is 0 Å². The zero-order chi connectivity index (χ0) is 8.43. The Kier molecular flexibility index (Phi) is 3.01. The molecule has 0 atom stereocenters. The number of hydrogen-bond acceptors (Lipinski definition) is 0. The third-order valence-electron chi connectivity index (χ3n) is 1.20. The van der Waals surface area contributed by atoms with Crippen LogP contribution in [0.1, 0.15) is 12.0 Å². The average Bonchev–Trinajstić information content (AvgIpc) is 1.85. The van der Waals surface area contributed by atoms with E-state index < -0.39 is 6.43 Å². The number of alkyl halides is 2. The molecule has 0 aliphatic rings. The van der Waals surface area contributed by atoms with Crippen LogP contribution in [0, 0.1) is 0 Å². The third kappa shape index (κ3) is 2.24. The summed E-state index contributed by atoms with van der Waals surface area (Å²) in [5.41, 5.74) is 0.0215. The molecular formula is C7H4Br2F2. The van der Waals surface area contributed by atoms with Gasteiger partial charge in [0, 0.05) is 14.5 Å². The molecule has 0 aromatic heterocycles. The van der Waals surface area contributed by atoms with E-state index in [-0.39, 0.29) is 5.56 Å². The van der Waals surface area contributed by atoms with E-state index in [9.17, 15) is 8.78 Å². The van der Waals surface area contributed by atoms with Crippen molar-refractivity contribution in [1.82, 2.24) is 0 Å². The molecule has 0 unspecified atom stereocenters. The Morgan fingerprint density at radius 3 is 2.27 bits per heavy atom. The van der Waals surface area contributed by atoms with Gasteiger partial charge in [0.1, 0.15) is 0 Å². The Balaban J connectivity index is 3.09. The van der Waals surface area contributed by atoms with Crippen molar-refractivity contribution >= 4 is 31.9 Å². The lowest BCUT2D eigenvalue weighted by Crippen LogP contribution is -1.84. The molecule has 1 aromatic carbocycles. The van der Waals surface area contributed by atoms with E-state index in [2.05, 4.69) is 31.9 Å². The highest BCUT2D eigenvalue weighted by Gasteiger charge is 2.10. The molecule has 0 aliphatic heterocycles. The van der Waals surface area contributed by atoms with E-state index >= 15 is 0 Å². The van der Waals surface area contributed by atoms with Crippen molar-refractivity contribution < 1.29 is 8.78 Å². The van der Waals surface area contributed by atoms with Gasteiger partial charge in [-0.25, -0.2) is 8.78 Å². The minimum Gasteiger partial charge on any atom is -0.205 e. The standard InChI is InChI=1S/C7H4Br2F2/c8-4-1-2-5(7(10)11)6(9)3-4/h1-3,7H. The first kappa shape index (κ1) is 9.13. The summed E-state index contributed by atoms with van der Waals surface area (Å²) in [7, 11) is 0. The highest BCUT2D eigenvalue weighted by molar-refractivity contribution is 9.11. The van der Waals surface area contributed by atoms with Crippen molar-refractivity contribution in [2.24, 2.45) is 0 Å². The molecule has 0 saturated carbocycles. The van der Waals surface area contributed by atoms with Crippen LogP contribution in [-0.2, 0) is 0 Å². The minimum atomic E-state index is -2.42. The topological polar surface area (TPSA) is 0 Å². The molecule has 0 aliphatic carbocycles. The molecule has 4 heteroatoms. The molecule has 0 nitrogen and oxygen atoms in total. The maximum atomic E-state index is 12.1. The summed E-state index contributed by atoms with van der Waals surface area (Å²) in [5.74, 6) is 0. The molecule has 0 radical (unpaired) electrons. The quantitative estimate of drug-likeness (QED) is 0.727. The number of benzene rings is 1. The number of hydrogen-bond donors (Lipinski definition) is 0. The smallest absolute Gasteiger partial charge is 0.205 e. The molecule has 0 bridgehead atoms. The van der Waals surface area contributed by atoms with Gasteiger partial charge < -0.3 is 0 Å². The van der Waals surface area contributed by atoms with Crippen molar-refractivity contribution in [3.63, 3.8) is 0 Å². The molecule has 1 rings (SSSR count). The van der Waals surface area contributed by atoms with Crippen molar-refractivity contribution in [3.8, 4) is 0 Å². The minimum absolute atomic E-state index is 0.0215. The lowest BCUT2D eigenvalue weighted by atomic mass is 10.2. The van der Waals surface area contributed by atoms with Crippen LogP contribution in [0.5, 0.6) is 0 Å². The molecular weight excluding hydrogens is 282 g/mol. The summed E-state index contributed by atoms with van der Waals surface area (Å²) in [6, 6.07) is 4.58. The van der Waals surface area contributed by atoms with Crippen molar-refractivity contribution in [1.29, 1.82) is 0 Å². The first-order chi connectivity index (χ1) is 5.11. The fourth-order valence-corrected chi connectivity index (χ4v) is 1.90. The normalized spacial score (nSPS) is 10.6. The van der Waals surface area contributed by atoms with Crippen LogP contribution in [0.15, 0.2) is 27.1 Å². The lowest BCUT2D eigenvalue weighted by Gasteiger charge is -2.01. The molecule has 0 saturated heterocycles. The number of halogens is 4. The van der Waals surface area contributed by atoms with Gasteiger partial charge in [0.25, 0.3) is 6.43 Å². The molecule has 0 spiro atoms. The van der Waals surface area contributed by atoms with Gasteiger partial charge in [0.2, 0.25) is 0 Å². The van der Waals surface area contributed by atoms with Gasteiger partial charge in [-0.2, -0.15) is 0 Å². The second-order valence-corrected chi connectivity index (χ2v) is 3.74. The van der Waals surface area contributed by atoms with Crippen LogP contribution >= 0.6 is 31.9 Å². The Morgan fingerprint density at radius 2 is 1.82 bits per heavy atom. The first-order valence-corrected chi connectivity index (χ1v) is 4.43. The fourth-order valence-electron chi connectivity index (χ4n) is 0.678. The zero-order valence-corrected chi connectivity index (χ0v) is 8.49. The van der Waals surface area contributed by atoms with Gasteiger partial charge in [0.15, 0.2) is 0 Å². The van der Waals surface area contributed by atoms with Gasteiger partial charge in [-0.1, -0.05) is 37.9 Å². The summed E-state index contributed by atoms with van der Waals surface area (Å²) in [4.78, 5) is 0. The van der Waals surface area contributed by atoms with Crippen molar-refractivity contribution in [2.75, 3.05) is 0 Å². The van der Waals surface area contributed by atoms with Crippen molar-refractivity contribution in [3.05, 3.63) is 32.7 Å². The Hall–Kier alpha value is 0.0400. The zero-order valence-electron chi connectivity index (χ0n) is 5.32. The molecule has 0 fully saturated rings. The molecule has 1 aromatic rings. The lowest BCUT2D eigenvalue weighted by molar-refractivity contribution is 0.150. The average molecular weight is 286 g/mol. The van der Waals surface area contributed by atoms with Crippen LogP contribution < -0.4 is 0 Å². The maximum Gasteiger partial charge on any atom is 0.264 e. The van der Waals surface area contributed by atoms with E-state index in [1.165, 1.54) is 6.07 Å². The van der Waals surface area contributed by atoms with Crippen LogP contribution in [0.2, 0.25) is 0 Å². The molecule has 11 heavy (non-hydrogen) atoms. The fraction of sp³-hybridized carbons (Fsp3) is 0.143. The molecule has 60 valence electrons. The highest BCUT2D eigenvalue weighted by atomic mass is 79.9. The van der Waals surface area contributed by atoms with E-state index in [0.29, 0.717) is 4.47 Å². The van der Waals surface area contributed by atoms with Gasteiger partial charge in [-0.05, 0) is 12.1 Å². The van der Waals surface area contributed by atoms with Crippen LogP contribution in [0.4, 0.5) is 8.78 Å². The third-order valence-corrected chi connectivity index (χ3v) is 2.38.